The molecule has 1 fully saturated rings. The van der Waals surface area contributed by atoms with E-state index in [1.54, 1.807) is 0 Å². The maximum absolute atomic E-state index is 12.6. The summed E-state index contributed by atoms with van der Waals surface area (Å²) in [6.45, 7) is -0.474. The second kappa shape index (κ2) is 6.93. The summed E-state index contributed by atoms with van der Waals surface area (Å²) in [5, 5.41) is 2.33. The number of nitrogens with zero attached hydrogens (tertiary/aromatic N) is 1. The molecule has 138 valence electrons. The summed E-state index contributed by atoms with van der Waals surface area (Å²) in [5.74, 6) is -3.21. The molecular weight excluding hydrogens is 354 g/mol. The van der Waals surface area contributed by atoms with Gasteiger partial charge in [-0.15, -0.1) is 0 Å². The molecule has 1 saturated heterocycles. The first kappa shape index (κ1) is 19.1. The fraction of sp³-hybridized carbons (Fsp3) is 0.467. The van der Waals surface area contributed by atoms with Crippen LogP contribution in [0.1, 0.15) is 18.4 Å². The van der Waals surface area contributed by atoms with Crippen LogP contribution in [0.2, 0.25) is 0 Å². The summed E-state index contributed by atoms with van der Waals surface area (Å²) < 4.78 is 74.9. The minimum atomic E-state index is -4.97. The van der Waals surface area contributed by atoms with E-state index in [1.165, 1.54) is 6.07 Å². The van der Waals surface area contributed by atoms with Crippen LogP contribution in [-0.4, -0.2) is 36.0 Å². The fourth-order valence-corrected chi connectivity index (χ4v) is 2.54. The molecule has 1 aliphatic rings. The number of carbonyl (C=O) groups is 2. The Morgan fingerprint density at radius 3 is 2.16 bits per heavy atom. The Morgan fingerprint density at radius 1 is 1.04 bits per heavy atom. The number of alkyl halides is 6. The fourth-order valence-electron chi connectivity index (χ4n) is 2.54. The maximum atomic E-state index is 12.6. The maximum Gasteiger partial charge on any atom is 0.471 e. The molecule has 1 aromatic rings. The molecule has 2 amide bonds. The lowest BCUT2D eigenvalue weighted by Crippen LogP contribution is -2.46. The van der Waals surface area contributed by atoms with Crippen molar-refractivity contribution in [3.8, 4) is 0 Å². The lowest BCUT2D eigenvalue weighted by molar-refractivity contribution is -0.186. The van der Waals surface area contributed by atoms with Crippen LogP contribution in [0.4, 0.5) is 32.0 Å². The average molecular weight is 368 g/mol. The molecule has 1 N–H and O–H groups in total. The van der Waals surface area contributed by atoms with Crippen LogP contribution in [-0.2, 0) is 15.8 Å². The minimum absolute atomic E-state index is 0.00656. The SMILES string of the molecule is O=C(Nc1cccc(C(F)(F)F)c1)C1CCN(C(=O)C(F)(F)F)CC1. The van der Waals surface area contributed by atoms with Gasteiger partial charge >= 0.3 is 18.3 Å². The predicted molar refractivity (Wildman–Crippen MR) is 75.4 cm³/mol. The van der Waals surface area contributed by atoms with Crippen molar-refractivity contribution in [2.75, 3.05) is 18.4 Å². The van der Waals surface area contributed by atoms with Gasteiger partial charge in [0.15, 0.2) is 0 Å². The van der Waals surface area contributed by atoms with Gasteiger partial charge in [-0.2, -0.15) is 26.3 Å². The van der Waals surface area contributed by atoms with Crippen molar-refractivity contribution < 1.29 is 35.9 Å². The lowest BCUT2D eigenvalue weighted by atomic mass is 9.95. The molecule has 0 spiro atoms. The standard InChI is InChI=1S/C15H14F6N2O2/c16-14(17,18)10-2-1-3-11(8-10)22-12(24)9-4-6-23(7-5-9)13(25)15(19,20)21/h1-3,8-9H,4-7H2,(H,22,24). The van der Waals surface area contributed by atoms with Gasteiger partial charge in [-0.3, -0.25) is 9.59 Å². The molecule has 25 heavy (non-hydrogen) atoms. The van der Waals surface area contributed by atoms with E-state index >= 15 is 0 Å². The first-order valence-corrected chi connectivity index (χ1v) is 7.32. The number of hydrogen-bond acceptors (Lipinski definition) is 2. The molecule has 0 saturated carbocycles. The summed E-state index contributed by atoms with van der Waals surface area (Å²) in [6, 6.07) is 4.07. The molecule has 0 radical (unpaired) electrons. The van der Waals surface area contributed by atoms with E-state index < -0.39 is 35.6 Å². The zero-order valence-corrected chi connectivity index (χ0v) is 12.7. The Balaban J connectivity index is 1.94. The molecule has 0 bridgehead atoms. The summed E-state index contributed by atoms with van der Waals surface area (Å²) in [7, 11) is 0. The monoisotopic (exact) mass is 368 g/mol. The van der Waals surface area contributed by atoms with Crippen LogP contribution in [0.15, 0.2) is 24.3 Å². The quantitative estimate of drug-likeness (QED) is 0.813. The second-order valence-electron chi connectivity index (χ2n) is 5.63. The van der Waals surface area contributed by atoms with Gasteiger partial charge in [-0.05, 0) is 31.0 Å². The third-order valence-electron chi connectivity index (χ3n) is 3.85. The number of hydrogen-bond donors (Lipinski definition) is 1. The van der Waals surface area contributed by atoms with Crippen LogP contribution < -0.4 is 5.32 Å². The first-order valence-electron chi connectivity index (χ1n) is 7.32. The van der Waals surface area contributed by atoms with E-state index in [2.05, 4.69) is 5.32 Å². The average Bonchev–Trinajstić information content (AvgIpc) is 2.53. The molecule has 0 aliphatic carbocycles. The number of likely N-dealkylation sites (tertiary alicyclic amines) is 1. The van der Waals surface area contributed by atoms with E-state index in [4.69, 9.17) is 0 Å². The van der Waals surface area contributed by atoms with E-state index in [0.717, 1.165) is 18.2 Å². The Kier molecular flexibility index (Phi) is 5.28. The molecular formula is C15H14F6N2O2. The molecule has 0 aromatic heterocycles. The van der Waals surface area contributed by atoms with E-state index in [-0.39, 0.29) is 31.6 Å². The van der Waals surface area contributed by atoms with Crippen LogP contribution in [0.3, 0.4) is 0 Å². The number of rotatable bonds is 2. The van der Waals surface area contributed by atoms with Crippen LogP contribution in [0, 0.1) is 5.92 Å². The van der Waals surface area contributed by atoms with Gasteiger partial charge in [0, 0.05) is 24.7 Å². The van der Waals surface area contributed by atoms with Crippen molar-refractivity contribution in [3.63, 3.8) is 0 Å². The minimum Gasteiger partial charge on any atom is -0.335 e. The highest BCUT2D eigenvalue weighted by atomic mass is 19.4. The highest BCUT2D eigenvalue weighted by Crippen LogP contribution is 2.31. The number of carbonyl (C=O) groups excluding carboxylic acids is 2. The Hall–Kier alpha value is -2.26. The number of anilines is 1. The Labute approximate surface area is 138 Å². The van der Waals surface area contributed by atoms with Crippen LogP contribution in [0.25, 0.3) is 0 Å². The van der Waals surface area contributed by atoms with Crippen molar-refractivity contribution >= 4 is 17.5 Å². The van der Waals surface area contributed by atoms with E-state index in [0.29, 0.717) is 4.90 Å². The van der Waals surface area contributed by atoms with Gasteiger partial charge in [0.05, 0.1) is 5.56 Å². The van der Waals surface area contributed by atoms with Crippen molar-refractivity contribution in [3.05, 3.63) is 29.8 Å². The topological polar surface area (TPSA) is 49.4 Å². The highest BCUT2D eigenvalue weighted by Gasteiger charge is 2.43. The van der Waals surface area contributed by atoms with Crippen molar-refractivity contribution in [1.82, 2.24) is 4.90 Å². The molecule has 4 nitrogen and oxygen atoms in total. The number of amides is 2. The molecule has 2 rings (SSSR count). The largest absolute Gasteiger partial charge is 0.471 e. The Morgan fingerprint density at radius 2 is 1.64 bits per heavy atom. The van der Waals surface area contributed by atoms with Gasteiger partial charge in [0.25, 0.3) is 0 Å². The van der Waals surface area contributed by atoms with Crippen molar-refractivity contribution in [2.45, 2.75) is 25.2 Å². The van der Waals surface area contributed by atoms with Crippen LogP contribution in [0.5, 0.6) is 0 Å². The van der Waals surface area contributed by atoms with Crippen molar-refractivity contribution in [2.24, 2.45) is 5.92 Å². The van der Waals surface area contributed by atoms with Crippen LogP contribution >= 0.6 is 0 Å². The molecule has 0 unspecified atom stereocenters. The summed E-state index contributed by atoms with van der Waals surface area (Å²) in [5.41, 5.74) is -0.968. The van der Waals surface area contributed by atoms with Gasteiger partial charge in [-0.25, -0.2) is 0 Å². The zero-order chi connectivity index (χ0) is 18.8. The number of halogens is 6. The third-order valence-corrected chi connectivity index (χ3v) is 3.85. The zero-order valence-electron chi connectivity index (χ0n) is 12.7. The molecule has 0 atom stereocenters. The highest BCUT2D eigenvalue weighted by molar-refractivity contribution is 5.93. The lowest BCUT2D eigenvalue weighted by Gasteiger charge is -2.31. The third kappa shape index (κ3) is 4.86. The predicted octanol–water partition coefficient (Wildman–Crippen LogP) is 3.44. The summed E-state index contributed by atoms with van der Waals surface area (Å²) >= 11 is 0. The first-order chi connectivity index (χ1) is 11.5. The van der Waals surface area contributed by atoms with Gasteiger partial charge in [-0.1, -0.05) is 6.07 Å². The van der Waals surface area contributed by atoms with Gasteiger partial charge in [0.1, 0.15) is 0 Å². The van der Waals surface area contributed by atoms with E-state index in [1.807, 2.05) is 0 Å². The number of benzene rings is 1. The van der Waals surface area contributed by atoms with E-state index in [9.17, 15) is 35.9 Å². The summed E-state index contributed by atoms with van der Waals surface area (Å²) in [6.07, 6.45) is -9.50. The summed E-state index contributed by atoms with van der Waals surface area (Å²) in [4.78, 5) is 23.8. The van der Waals surface area contributed by atoms with Gasteiger partial charge in [0.2, 0.25) is 5.91 Å². The smallest absolute Gasteiger partial charge is 0.335 e. The molecule has 1 aliphatic heterocycles. The second-order valence-corrected chi connectivity index (χ2v) is 5.63. The van der Waals surface area contributed by atoms with Crippen molar-refractivity contribution in [1.29, 1.82) is 0 Å². The number of nitrogens with one attached hydrogen (secondary N) is 1. The molecule has 1 aromatic carbocycles. The molecule has 10 heteroatoms. The molecule has 1 heterocycles. The van der Waals surface area contributed by atoms with Gasteiger partial charge < -0.3 is 10.2 Å². The Bertz CT molecular complexity index is 648. The normalized spacial score (nSPS) is 16.6. The number of piperidine rings is 1.